The predicted octanol–water partition coefficient (Wildman–Crippen LogP) is 1.54. The topological polar surface area (TPSA) is 79.0 Å². The highest BCUT2D eigenvalue weighted by atomic mass is 15.4. The highest BCUT2D eigenvalue weighted by molar-refractivity contribution is 5.49. The predicted molar refractivity (Wildman–Crippen MR) is 45.8 cm³/mol. The van der Waals surface area contributed by atoms with Crippen LogP contribution in [-0.2, 0) is 6.54 Å². The van der Waals surface area contributed by atoms with Crippen LogP contribution in [0.25, 0.3) is 16.0 Å². The summed E-state index contributed by atoms with van der Waals surface area (Å²) >= 11 is 0. The highest BCUT2D eigenvalue weighted by Gasteiger charge is 2.02. The number of hydrogen-bond donors (Lipinski definition) is 0. The van der Waals surface area contributed by atoms with Crippen molar-refractivity contribution < 1.29 is 0 Å². The van der Waals surface area contributed by atoms with E-state index in [1.54, 1.807) is 10.7 Å². The van der Waals surface area contributed by atoms with Crippen molar-refractivity contribution in [2.24, 2.45) is 5.11 Å². The number of hydrogen-bond acceptors (Lipinski definition) is 3. The van der Waals surface area contributed by atoms with Crippen molar-refractivity contribution in [3.8, 4) is 0 Å². The zero-order valence-electron chi connectivity index (χ0n) is 6.70. The maximum atomic E-state index is 8.14. The Kier molecular flexibility index (Phi) is 1.82. The molecule has 0 atom stereocenters. The van der Waals surface area contributed by atoms with Crippen molar-refractivity contribution >= 4 is 5.52 Å². The molecule has 0 fully saturated rings. The van der Waals surface area contributed by atoms with Crippen LogP contribution in [-0.4, -0.2) is 14.8 Å². The van der Waals surface area contributed by atoms with Crippen LogP contribution in [0.2, 0.25) is 0 Å². The van der Waals surface area contributed by atoms with E-state index in [4.69, 9.17) is 5.53 Å². The molecule has 0 N–H and O–H groups in total. The van der Waals surface area contributed by atoms with Gasteiger partial charge in [0.05, 0.1) is 17.8 Å². The molecule has 0 amide bonds. The van der Waals surface area contributed by atoms with E-state index in [2.05, 4.69) is 20.3 Å². The molecule has 0 unspecified atom stereocenters. The molecule has 0 aromatic carbocycles. The maximum Gasteiger partial charge on any atom is 0.0963 e. The number of azide groups is 1. The minimum atomic E-state index is 0.240. The van der Waals surface area contributed by atoms with Crippen LogP contribution in [0.5, 0.6) is 0 Å². The van der Waals surface area contributed by atoms with E-state index in [0.717, 1.165) is 5.52 Å². The molecule has 0 radical (unpaired) electrons. The smallest absolute Gasteiger partial charge is 0.0963 e. The van der Waals surface area contributed by atoms with Crippen molar-refractivity contribution in [1.29, 1.82) is 0 Å². The van der Waals surface area contributed by atoms with Gasteiger partial charge in [-0.25, -0.2) is 4.52 Å². The first-order valence-corrected chi connectivity index (χ1v) is 3.71. The molecule has 0 aliphatic heterocycles. The van der Waals surface area contributed by atoms with Gasteiger partial charge in [-0.05, 0) is 17.7 Å². The zero-order chi connectivity index (χ0) is 9.10. The monoisotopic (exact) mass is 174 g/mol. The van der Waals surface area contributed by atoms with Gasteiger partial charge in [-0.3, -0.25) is 0 Å². The number of fused-ring (bicyclic) bond motifs is 1. The molecule has 2 rings (SSSR count). The number of pyridine rings is 1. The Morgan fingerprint density at radius 2 is 2.46 bits per heavy atom. The lowest BCUT2D eigenvalue weighted by atomic mass is 10.3. The number of rotatable bonds is 2. The van der Waals surface area contributed by atoms with E-state index in [-0.39, 0.29) is 6.54 Å². The first kappa shape index (κ1) is 7.57. The van der Waals surface area contributed by atoms with Crippen LogP contribution >= 0.6 is 0 Å². The number of aromatic nitrogens is 3. The van der Waals surface area contributed by atoms with Gasteiger partial charge >= 0.3 is 0 Å². The first-order chi connectivity index (χ1) is 6.42. The first-order valence-electron chi connectivity index (χ1n) is 3.71. The Morgan fingerprint density at radius 3 is 3.31 bits per heavy atom. The molecule has 2 aromatic heterocycles. The second-order valence-electron chi connectivity index (χ2n) is 2.46. The lowest BCUT2D eigenvalue weighted by molar-refractivity contribution is 0.836. The summed E-state index contributed by atoms with van der Waals surface area (Å²) in [4.78, 5) is 2.67. The molecule has 0 spiro atoms. The third-order valence-electron chi connectivity index (χ3n) is 1.68. The van der Waals surface area contributed by atoms with Crippen LogP contribution in [0.4, 0.5) is 0 Å². The van der Waals surface area contributed by atoms with Gasteiger partial charge in [0.2, 0.25) is 0 Å². The molecule has 6 nitrogen and oxygen atoms in total. The fraction of sp³-hybridized carbons (Fsp3) is 0.143. The Balaban J connectivity index is 2.51. The third kappa shape index (κ3) is 1.30. The molecule has 0 saturated carbocycles. The van der Waals surface area contributed by atoms with E-state index in [0.29, 0.717) is 5.69 Å². The van der Waals surface area contributed by atoms with Crippen LogP contribution in [0, 0.1) is 0 Å². The van der Waals surface area contributed by atoms with Gasteiger partial charge < -0.3 is 0 Å². The SMILES string of the molecule is [N-]=[N+]=NCc1nnn2ccccc12. The molecule has 64 valence electrons. The average Bonchev–Trinajstić information content (AvgIpc) is 2.58. The molecule has 2 heterocycles. The molecular weight excluding hydrogens is 168 g/mol. The molecule has 0 aliphatic rings. The van der Waals surface area contributed by atoms with Crippen molar-refractivity contribution in [3.05, 3.63) is 40.5 Å². The van der Waals surface area contributed by atoms with E-state index in [1.165, 1.54) is 0 Å². The molecule has 2 aromatic rings. The Labute approximate surface area is 73.4 Å². The normalized spacial score (nSPS) is 9.85. The largest absolute Gasteiger partial charge is 0.220 e. The summed E-state index contributed by atoms with van der Waals surface area (Å²) in [6.45, 7) is 0.240. The quantitative estimate of drug-likeness (QED) is 0.393. The minimum absolute atomic E-state index is 0.240. The fourth-order valence-electron chi connectivity index (χ4n) is 1.11. The average molecular weight is 174 g/mol. The van der Waals surface area contributed by atoms with Gasteiger partial charge in [0.25, 0.3) is 0 Å². The fourth-order valence-corrected chi connectivity index (χ4v) is 1.11. The van der Waals surface area contributed by atoms with Gasteiger partial charge in [-0.2, -0.15) is 0 Å². The van der Waals surface area contributed by atoms with Crippen LogP contribution in [0.3, 0.4) is 0 Å². The van der Waals surface area contributed by atoms with E-state index < -0.39 is 0 Å². The van der Waals surface area contributed by atoms with Crippen molar-refractivity contribution in [1.82, 2.24) is 14.8 Å². The van der Waals surface area contributed by atoms with Crippen LogP contribution in [0.15, 0.2) is 29.5 Å². The molecule has 13 heavy (non-hydrogen) atoms. The summed E-state index contributed by atoms with van der Waals surface area (Å²) in [5, 5.41) is 11.2. The maximum absolute atomic E-state index is 8.14. The van der Waals surface area contributed by atoms with Crippen molar-refractivity contribution in [2.75, 3.05) is 0 Å². The van der Waals surface area contributed by atoms with Gasteiger partial charge in [-0.1, -0.05) is 16.4 Å². The van der Waals surface area contributed by atoms with Gasteiger partial charge in [0.1, 0.15) is 0 Å². The third-order valence-corrected chi connectivity index (χ3v) is 1.68. The molecule has 0 aliphatic carbocycles. The summed E-state index contributed by atoms with van der Waals surface area (Å²) in [5.41, 5.74) is 9.70. The van der Waals surface area contributed by atoms with Gasteiger partial charge in [0.15, 0.2) is 0 Å². The van der Waals surface area contributed by atoms with Crippen molar-refractivity contribution in [3.63, 3.8) is 0 Å². The lowest BCUT2D eigenvalue weighted by Crippen LogP contribution is -1.84. The van der Waals surface area contributed by atoms with E-state index in [1.807, 2.05) is 18.2 Å². The molecular formula is C7H6N6. The van der Waals surface area contributed by atoms with E-state index in [9.17, 15) is 0 Å². The summed E-state index contributed by atoms with van der Waals surface area (Å²) in [6.07, 6.45) is 1.79. The molecule has 0 bridgehead atoms. The summed E-state index contributed by atoms with van der Waals surface area (Å²) in [5.74, 6) is 0. The second kappa shape index (κ2) is 3.12. The van der Waals surface area contributed by atoms with Gasteiger partial charge in [0, 0.05) is 11.1 Å². The summed E-state index contributed by atoms with van der Waals surface area (Å²) in [6, 6.07) is 5.62. The van der Waals surface area contributed by atoms with Crippen LogP contribution < -0.4 is 0 Å². The Morgan fingerprint density at radius 1 is 1.54 bits per heavy atom. The summed E-state index contributed by atoms with van der Waals surface area (Å²) < 4.78 is 1.64. The Bertz CT molecular complexity index is 467. The number of nitrogens with zero attached hydrogens (tertiary/aromatic N) is 6. The van der Waals surface area contributed by atoms with Crippen molar-refractivity contribution in [2.45, 2.75) is 6.54 Å². The highest BCUT2D eigenvalue weighted by Crippen LogP contribution is 2.07. The standard InChI is InChI=1S/C7H6N6/c8-11-9-5-6-7-3-1-2-4-13(7)12-10-6/h1-4H,5H2. The summed E-state index contributed by atoms with van der Waals surface area (Å²) in [7, 11) is 0. The van der Waals surface area contributed by atoms with E-state index >= 15 is 0 Å². The van der Waals surface area contributed by atoms with Crippen LogP contribution in [0.1, 0.15) is 5.69 Å². The Hall–Kier alpha value is -2.07. The lowest BCUT2D eigenvalue weighted by Gasteiger charge is -1.89. The molecule has 0 saturated heterocycles. The zero-order valence-corrected chi connectivity index (χ0v) is 6.70. The molecule has 6 heteroatoms. The minimum Gasteiger partial charge on any atom is -0.220 e. The van der Waals surface area contributed by atoms with Gasteiger partial charge in [-0.15, -0.1) is 5.10 Å². The second-order valence-corrected chi connectivity index (χ2v) is 2.46.